The summed E-state index contributed by atoms with van der Waals surface area (Å²) in [6, 6.07) is 17.8. The van der Waals surface area contributed by atoms with Crippen LogP contribution in [0.15, 0.2) is 59.2 Å². The minimum atomic E-state index is 0.406. The molecule has 0 radical (unpaired) electrons. The van der Waals surface area contributed by atoms with Crippen molar-refractivity contribution in [1.82, 2.24) is 10.3 Å². The summed E-state index contributed by atoms with van der Waals surface area (Å²) in [5.74, 6) is 0. The number of hydrogen-bond donors (Lipinski definition) is 2. The second-order valence-corrected chi connectivity index (χ2v) is 7.34. The molecule has 4 rings (SSSR count). The average molecular weight is 382 g/mol. The van der Waals surface area contributed by atoms with Crippen LogP contribution in [0.2, 0.25) is 0 Å². The molecule has 0 amide bonds. The molecule has 3 nitrogen and oxygen atoms in total. The summed E-state index contributed by atoms with van der Waals surface area (Å²) < 4.78 is 1.12. The molecule has 0 bridgehead atoms. The van der Waals surface area contributed by atoms with Crippen molar-refractivity contribution in [3.8, 4) is 0 Å². The van der Waals surface area contributed by atoms with Gasteiger partial charge < -0.3 is 10.6 Å². The van der Waals surface area contributed by atoms with Crippen molar-refractivity contribution in [3.05, 3.63) is 70.3 Å². The standard InChI is InChI=1S/C20H20BrN3/c1-13-11-22-18-5-3-2-4-17(18)20(13)24-16-10-19(23-12-16)14-6-8-15(21)9-7-14/h2-9,11,16,19,23H,10,12H2,1H3,(H,22,24). The van der Waals surface area contributed by atoms with Crippen LogP contribution in [0.5, 0.6) is 0 Å². The smallest absolute Gasteiger partial charge is 0.0722 e. The van der Waals surface area contributed by atoms with E-state index in [1.54, 1.807) is 0 Å². The first-order valence-corrected chi connectivity index (χ1v) is 9.10. The Morgan fingerprint density at radius 3 is 2.75 bits per heavy atom. The van der Waals surface area contributed by atoms with Crippen LogP contribution in [0, 0.1) is 6.92 Å². The van der Waals surface area contributed by atoms with Gasteiger partial charge in [0.15, 0.2) is 0 Å². The van der Waals surface area contributed by atoms with Crippen LogP contribution >= 0.6 is 15.9 Å². The number of para-hydroxylation sites is 1. The molecule has 24 heavy (non-hydrogen) atoms. The zero-order valence-corrected chi connectivity index (χ0v) is 15.2. The van der Waals surface area contributed by atoms with E-state index < -0.39 is 0 Å². The number of fused-ring (bicyclic) bond motifs is 1. The molecule has 4 heteroatoms. The monoisotopic (exact) mass is 381 g/mol. The van der Waals surface area contributed by atoms with Gasteiger partial charge in [-0.25, -0.2) is 0 Å². The first kappa shape index (κ1) is 15.6. The second-order valence-electron chi connectivity index (χ2n) is 6.42. The molecule has 3 aromatic rings. The van der Waals surface area contributed by atoms with Gasteiger partial charge in [-0.2, -0.15) is 0 Å². The molecule has 2 unspecified atom stereocenters. The van der Waals surface area contributed by atoms with Gasteiger partial charge in [0.2, 0.25) is 0 Å². The van der Waals surface area contributed by atoms with Gasteiger partial charge in [-0.3, -0.25) is 4.98 Å². The van der Waals surface area contributed by atoms with Gasteiger partial charge in [0.1, 0.15) is 0 Å². The fourth-order valence-electron chi connectivity index (χ4n) is 3.43. The lowest BCUT2D eigenvalue weighted by atomic mass is 10.0. The molecule has 1 aliphatic rings. The fraction of sp³-hybridized carbons (Fsp3) is 0.250. The molecule has 0 saturated carbocycles. The molecule has 2 atom stereocenters. The van der Waals surface area contributed by atoms with Crippen molar-refractivity contribution in [2.75, 3.05) is 11.9 Å². The van der Waals surface area contributed by atoms with Crippen LogP contribution in [0.1, 0.15) is 23.6 Å². The summed E-state index contributed by atoms with van der Waals surface area (Å²) in [7, 11) is 0. The number of aryl methyl sites for hydroxylation is 1. The summed E-state index contributed by atoms with van der Waals surface area (Å²) in [5, 5.41) is 8.59. The Morgan fingerprint density at radius 2 is 1.92 bits per heavy atom. The van der Waals surface area contributed by atoms with Gasteiger partial charge in [0, 0.05) is 40.4 Å². The van der Waals surface area contributed by atoms with Gasteiger partial charge in [-0.15, -0.1) is 0 Å². The van der Waals surface area contributed by atoms with E-state index in [0.29, 0.717) is 12.1 Å². The lowest BCUT2D eigenvalue weighted by Gasteiger charge is -2.17. The van der Waals surface area contributed by atoms with Crippen LogP contribution in [0.4, 0.5) is 5.69 Å². The molecule has 0 aliphatic carbocycles. The van der Waals surface area contributed by atoms with E-state index in [-0.39, 0.29) is 0 Å². The Morgan fingerprint density at radius 1 is 1.12 bits per heavy atom. The number of halogens is 1. The fourth-order valence-corrected chi connectivity index (χ4v) is 3.70. The lowest BCUT2D eigenvalue weighted by Crippen LogP contribution is -2.22. The second kappa shape index (κ2) is 6.54. The number of benzene rings is 2. The Labute approximate surface area is 150 Å². The molecule has 2 N–H and O–H groups in total. The van der Waals surface area contributed by atoms with Crippen molar-refractivity contribution in [3.63, 3.8) is 0 Å². The molecule has 2 aromatic carbocycles. The number of rotatable bonds is 3. The highest BCUT2D eigenvalue weighted by Gasteiger charge is 2.25. The van der Waals surface area contributed by atoms with Crippen molar-refractivity contribution in [1.29, 1.82) is 0 Å². The summed E-state index contributed by atoms with van der Waals surface area (Å²) in [6.45, 7) is 3.09. The van der Waals surface area contributed by atoms with Crippen molar-refractivity contribution in [2.45, 2.75) is 25.4 Å². The highest BCUT2D eigenvalue weighted by Crippen LogP contribution is 2.30. The molecule has 1 aliphatic heterocycles. The van der Waals surface area contributed by atoms with Crippen molar-refractivity contribution >= 4 is 32.5 Å². The largest absolute Gasteiger partial charge is 0.380 e. The Bertz CT molecular complexity index is 860. The van der Waals surface area contributed by atoms with Gasteiger partial charge in [0.25, 0.3) is 0 Å². The minimum absolute atomic E-state index is 0.406. The molecule has 1 aromatic heterocycles. The molecule has 2 heterocycles. The van der Waals surface area contributed by atoms with Crippen LogP contribution in [0.3, 0.4) is 0 Å². The van der Waals surface area contributed by atoms with E-state index >= 15 is 0 Å². The number of anilines is 1. The van der Waals surface area contributed by atoms with E-state index in [9.17, 15) is 0 Å². The lowest BCUT2D eigenvalue weighted by molar-refractivity contribution is 0.644. The van der Waals surface area contributed by atoms with Gasteiger partial charge >= 0.3 is 0 Å². The Kier molecular flexibility index (Phi) is 4.25. The van der Waals surface area contributed by atoms with E-state index in [1.165, 1.54) is 22.2 Å². The van der Waals surface area contributed by atoms with Gasteiger partial charge in [0.05, 0.1) is 5.52 Å². The quantitative estimate of drug-likeness (QED) is 0.682. The Hall–Kier alpha value is -1.91. The maximum atomic E-state index is 4.53. The minimum Gasteiger partial charge on any atom is -0.380 e. The number of aromatic nitrogens is 1. The van der Waals surface area contributed by atoms with Gasteiger partial charge in [-0.05, 0) is 42.7 Å². The summed E-state index contributed by atoms with van der Waals surface area (Å²) in [6.07, 6.45) is 3.04. The third-order valence-corrected chi connectivity index (χ3v) is 5.25. The van der Waals surface area contributed by atoms with E-state index in [0.717, 1.165) is 23.0 Å². The highest BCUT2D eigenvalue weighted by molar-refractivity contribution is 9.10. The van der Waals surface area contributed by atoms with Crippen molar-refractivity contribution < 1.29 is 0 Å². The van der Waals surface area contributed by atoms with E-state index in [4.69, 9.17) is 0 Å². The van der Waals surface area contributed by atoms with Crippen LogP contribution in [-0.4, -0.2) is 17.6 Å². The topological polar surface area (TPSA) is 37.0 Å². The van der Waals surface area contributed by atoms with E-state index in [1.807, 2.05) is 12.3 Å². The number of pyridine rings is 1. The zero-order valence-electron chi connectivity index (χ0n) is 13.6. The summed E-state index contributed by atoms with van der Waals surface area (Å²) >= 11 is 3.50. The number of nitrogens with one attached hydrogen (secondary N) is 2. The van der Waals surface area contributed by atoms with Crippen molar-refractivity contribution in [2.24, 2.45) is 0 Å². The predicted molar refractivity (Wildman–Crippen MR) is 103 cm³/mol. The molecular formula is C20H20BrN3. The molecule has 1 fully saturated rings. The van der Waals surface area contributed by atoms with E-state index in [2.05, 4.69) is 80.9 Å². The molecule has 1 saturated heterocycles. The maximum Gasteiger partial charge on any atom is 0.0722 e. The number of nitrogens with zero attached hydrogens (tertiary/aromatic N) is 1. The first-order valence-electron chi connectivity index (χ1n) is 8.30. The maximum absolute atomic E-state index is 4.53. The van der Waals surface area contributed by atoms with Crippen LogP contribution in [0.25, 0.3) is 10.9 Å². The third kappa shape index (κ3) is 3.04. The first-order chi connectivity index (χ1) is 11.7. The normalized spacial score (nSPS) is 20.4. The van der Waals surface area contributed by atoms with Crippen LogP contribution < -0.4 is 10.6 Å². The van der Waals surface area contributed by atoms with Crippen LogP contribution in [-0.2, 0) is 0 Å². The van der Waals surface area contributed by atoms with Gasteiger partial charge in [-0.1, -0.05) is 46.3 Å². The summed E-state index contributed by atoms with van der Waals surface area (Å²) in [4.78, 5) is 4.53. The molecule has 0 spiro atoms. The third-order valence-electron chi connectivity index (χ3n) is 4.72. The Balaban J connectivity index is 1.55. The SMILES string of the molecule is Cc1cnc2ccccc2c1NC1CNC(c2ccc(Br)cc2)C1. The number of hydrogen-bond acceptors (Lipinski definition) is 3. The summed E-state index contributed by atoms with van der Waals surface area (Å²) in [5.41, 5.74) is 4.80. The molecule has 122 valence electrons. The predicted octanol–water partition coefficient (Wildman–Crippen LogP) is 4.82. The molecular weight excluding hydrogens is 362 g/mol. The average Bonchev–Trinajstić information content (AvgIpc) is 3.07. The highest BCUT2D eigenvalue weighted by atomic mass is 79.9. The zero-order chi connectivity index (χ0) is 16.5.